The molecular formula is C25H30N2O3. The summed E-state index contributed by atoms with van der Waals surface area (Å²) in [4.78, 5) is 29.7. The first-order chi connectivity index (χ1) is 14.2. The third-order valence-corrected chi connectivity index (χ3v) is 5.81. The second-order valence-electron chi connectivity index (χ2n) is 8.30. The normalized spacial score (nSPS) is 18.5. The number of benzene rings is 2. The molecule has 1 N–H and O–H groups in total. The number of Topliss-reactive ketones (excluding diaryl/α,β-unsaturated/α-hetero) is 1. The number of aliphatic hydroxyl groups is 1. The molecule has 30 heavy (non-hydrogen) atoms. The summed E-state index contributed by atoms with van der Waals surface area (Å²) < 4.78 is 0. The fourth-order valence-electron chi connectivity index (χ4n) is 3.93. The zero-order valence-corrected chi connectivity index (χ0v) is 18.4. The van der Waals surface area contributed by atoms with Gasteiger partial charge in [-0.2, -0.15) is 0 Å². The van der Waals surface area contributed by atoms with Gasteiger partial charge in [0.1, 0.15) is 5.76 Å². The van der Waals surface area contributed by atoms with E-state index >= 15 is 0 Å². The number of ketones is 1. The van der Waals surface area contributed by atoms with E-state index in [1.54, 1.807) is 11.0 Å². The van der Waals surface area contributed by atoms with Gasteiger partial charge in [-0.25, -0.2) is 0 Å². The molecule has 1 fully saturated rings. The van der Waals surface area contributed by atoms with Gasteiger partial charge in [-0.3, -0.25) is 9.59 Å². The summed E-state index contributed by atoms with van der Waals surface area (Å²) in [7, 11) is 3.96. The number of likely N-dealkylation sites (tertiary alicyclic amines) is 1. The van der Waals surface area contributed by atoms with Crippen molar-refractivity contribution in [3.63, 3.8) is 0 Å². The van der Waals surface area contributed by atoms with Crippen LogP contribution in [-0.4, -0.2) is 53.8 Å². The van der Waals surface area contributed by atoms with Crippen LogP contribution in [0.25, 0.3) is 5.76 Å². The van der Waals surface area contributed by atoms with E-state index in [1.165, 1.54) is 0 Å². The van der Waals surface area contributed by atoms with Gasteiger partial charge in [0, 0.05) is 12.1 Å². The molecule has 0 radical (unpaired) electrons. The Morgan fingerprint density at radius 3 is 2.33 bits per heavy atom. The topological polar surface area (TPSA) is 60.9 Å². The minimum atomic E-state index is -0.621. The van der Waals surface area contributed by atoms with Crippen LogP contribution < -0.4 is 0 Å². The van der Waals surface area contributed by atoms with E-state index in [0.717, 1.165) is 35.2 Å². The van der Waals surface area contributed by atoms with Crippen molar-refractivity contribution >= 4 is 17.4 Å². The molecule has 1 heterocycles. The number of nitrogens with zero attached hydrogens (tertiary/aromatic N) is 2. The molecule has 0 spiro atoms. The molecule has 1 aliphatic rings. The molecule has 5 heteroatoms. The van der Waals surface area contributed by atoms with Crippen LogP contribution in [0.15, 0.2) is 48.0 Å². The molecule has 0 aliphatic carbocycles. The lowest BCUT2D eigenvalue weighted by atomic mass is 9.92. The van der Waals surface area contributed by atoms with Gasteiger partial charge in [0.15, 0.2) is 0 Å². The molecule has 1 atom stereocenters. The highest BCUT2D eigenvalue weighted by Gasteiger charge is 2.46. The minimum Gasteiger partial charge on any atom is -0.507 e. The largest absolute Gasteiger partial charge is 0.507 e. The number of hydrogen-bond acceptors (Lipinski definition) is 4. The minimum absolute atomic E-state index is 0.111. The fourth-order valence-corrected chi connectivity index (χ4v) is 3.93. The highest BCUT2D eigenvalue weighted by atomic mass is 16.3. The Morgan fingerprint density at radius 1 is 1.00 bits per heavy atom. The first-order valence-corrected chi connectivity index (χ1v) is 10.3. The van der Waals surface area contributed by atoms with E-state index in [-0.39, 0.29) is 11.3 Å². The Bertz CT molecular complexity index is 1010. The first-order valence-electron chi connectivity index (χ1n) is 10.3. The Hall–Kier alpha value is -2.92. The van der Waals surface area contributed by atoms with Gasteiger partial charge in [0.25, 0.3) is 11.7 Å². The number of carbonyl (C=O) groups excluding carboxylic acids is 2. The van der Waals surface area contributed by atoms with E-state index in [1.807, 2.05) is 71.3 Å². The van der Waals surface area contributed by atoms with E-state index in [9.17, 15) is 14.7 Å². The zero-order valence-electron chi connectivity index (χ0n) is 18.4. The molecule has 0 aromatic heterocycles. The average Bonchev–Trinajstić information content (AvgIpc) is 2.94. The molecule has 1 aliphatic heterocycles. The molecule has 2 aromatic rings. The van der Waals surface area contributed by atoms with Crippen LogP contribution in [0.1, 0.15) is 40.3 Å². The van der Waals surface area contributed by atoms with Crippen LogP contribution in [-0.2, 0) is 9.59 Å². The lowest BCUT2D eigenvalue weighted by Crippen LogP contribution is -2.32. The van der Waals surface area contributed by atoms with E-state index in [4.69, 9.17) is 0 Å². The Morgan fingerprint density at radius 2 is 1.70 bits per heavy atom. The summed E-state index contributed by atoms with van der Waals surface area (Å²) in [6, 6.07) is 12.7. The smallest absolute Gasteiger partial charge is 0.295 e. The van der Waals surface area contributed by atoms with Gasteiger partial charge < -0.3 is 14.9 Å². The van der Waals surface area contributed by atoms with Crippen molar-refractivity contribution < 1.29 is 14.7 Å². The number of amides is 1. The van der Waals surface area contributed by atoms with Gasteiger partial charge in [-0.15, -0.1) is 0 Å². The second kappa shape index (κ2) is 8.84. The Kier molecular flexibility index (Phi) is 6.42. The first kappa shape index (κ1) is 21.8. The third kappa shape index (κ3) is 4.17. The third-order valence-electron chi connectivity index (χ3n) is 5.81. The molecule has 1 unspecified atom stereocenters. The molecule has 0 bridgehead atoms. The van der Waals surface area contributed by atoms with Crippen molar-refractivity contribution in [1.82, 2.24) is 9.80 Å². The quantitative estimate of drug-likeness (QED) is 0.448. The standard InChI is InChI=1S/C25H30N2O3/c1-16-11-12-19(15-18(16)3)23(28)21-22(20-10-7-6-9-17(20)2)27(25(30)24(21)29)14-8-13-26(4)5/h6-7,9-12,15,22,28H,8,13-14H2,1-5H3/b23-21+. The summed E-state index contributed by atoms with van der Waals surface area (Å²) in [5, 5.41) is 11.1. The summed E-state index contributed by atoms with van der Waals surface area (Å²) in [6.45, 7) is 7.18. The Labute approximate surface area is 178 Å². The Balaban J connectivity index is 2.13. The van der Waals surface area contributed by atoms with Crippen molar-refractivity contribution in [3.8, 4) is 0 Å². The summed E-state index contributed by atoms with van der Waals surface area (Å²) in [5.74, 6) is -1.28. The molecule has 1 amide bonds. The van der Waals surface area contributed by atoms with Crippen LogP contribution in [0.3, 0.4) is 0 Å². The van der Waals surface area contributed by atoms with Crippen LogP contribution in [0.4, 0.5) is 0 Å². The second-order valence-corrected chi connectivity index (χ2v) is 8.30. The van der Waals surface area contributed by atoms with E-state index < -0.39 is 17.7 Å². The molecule has 0 saturated carbocycles. The number of hydrogen-bond donors (Lipinski definition) is 1. The number of carbonyl (C=O) groups is 2. The van der Waals surface area contributed by atoms with Gasteiger partial charge >= 0.3 is 0 Å². The van der Waals surface area contributed by atoms with Crippen molar-refractivity contribution in [2.45, 2.75) is 33.2 Å². The summed E-state index contributed by atoms with van der Waals surface area (Å²) in [5.41, 5.74) is 4.70. The van der Waals surface area contributed by atoms with Gasteiger partial charge in [-0.05, 0) is 76.2 Å². The molecular weight excluding hydrogens is 376 g/mol. The van der Waals surface area contributed by atoms with E-state index in [2.05, 4.69) is 4.90 Å². The monoisotopic (exact) mass is 406 g/mol. The van der Waals surface area contributed by atoms with Gasteiger partial charge in [0.2, 0.25) is 0 Å². The highest BCUT2D eigenvalue weighted by Crippen LogP contribution is 2.40. The predicted octanol–water partition coefficient (Wildman–Crippen LogP) is 3.99. The summed E-state index contributed by atoms with van der Waals surface area (Å²) in [6.07, 6.45) is 0.742. The lowest BCUT2D eigenvalue weighted by Gasteiger charge is -2.27. The molecule has 3 rings (SSSR count). The maximum Gasteiger partial charge on any atom is 0.295 e. The van der Waals surface area contributed by atoms with Crippen LogP contribution >= 0.6 is 0 Å². The molecule has 5 nitrogen and oxygen atoms in total. The van der Waals surface area contributed by atoms with Crippen molar-refractivity contribution in [1.29, 1.82) is 0 Å². The van der Waals surface area contributed by atoms with Gasteiger partial charge in [-0.1, -0.05) is 36.4 Å². The van der Waals surface area contributed by atoms with Crippen LogP contribution in [0, 0.1) is 20.8 Å². The molecule has 2 aromatic carbocycles. The zero-order chi connectivity index (χ0) is 22.0. The summed E-state index contributed by atoms with van der Waals surface area (Å²) >= 11 is 0. The molecule has 158 valence electrons. The van der Waals surface area contributed by atoms with Crippen LogP contribution in [0.2, 0.25) is 0 Å². The van der Waals surface area contributed by atoms with Crippen molar-refractivity contribution in [3.05, 3.63) is 75.9 Å². The number of aliphatic hydroxyl groups excluding tert-OH is 1. The fraction of sp³-hybridized carbons (Fsp3) is 0.360. The van der Waals surface area contributed by atoms with Gasteiger partial charge in [0.05, 0.1) is 11.6 Å². The molecule has 1 saturated heterocycles. The lowest BCUT2D eigenvalue weighted by molar-refractivity contribution is -0.139. The SMILES string of the molecule is Cc1ccc(/C(O)=C2\C(=O)C(=O)N(CCCN(C)C)C2c2ccccc2C)cc1C. The number of rotatable bonds is 6. The van der Waals surface area contributed by atoms with Crippen LogP contribution in [0.5, 0.6) is 0 Å². The maximum atomic E-state index is 13.1. The highest BCUT2D eigenvalue weighted by molar-refractivity contribution is 6.46. The average molecular weight is 407 g/mol. The predicted molar refractivity (Wildman–Crippen MR) is 119 cm³/mol. The maximum absolute atomic E-state index is 13.1. The van der Waals surface area contributed by atoms with Crippen molar-refractivity contribution in [2.24, 2.45) is 0 Å². The van der Waals surface area contributed by atoms with Crippen molar-refractivity contribution in [2.75, 3.05) is 27.2 Å². The van der Waals surface area contributed by atoms with E-state index in [0.29, 0.717) is 12.1 Å². The number of aryl methyl sites for hydroxylation is 3.